The Bertz CT molecular complexity index is 1030. The fourth-order valence-corrected chi connectivity index (χ4v) is 7.79. The summed E-state index contributed by atoms with van der Waals surface area (Å²) in [6.45, 7) is 0. The summed E-state index contributed by atoms with van der Waals surface area (Å²) in [5.41, 5.74) is 3.50. The second-order valence-electron chi connectivity index (χ2n) is 7.94. The molecular weight excluding hydrogens is 511 g/mol. The Hall–Kier alpha value is -2.35. The lowest BCUT2D eigenvalue weighted by atomic mass is 10.0. The zero-order valence-electron chi connectivity index (χ0n) is 19.5. The van der Waals surface area contributed by atoms with Crippen LogP contribution in [0.25, 0.3) is 0 Å². The van der Waals surface area contributed by atoms with Crippen LogP contribution in [-0.4, -0.2) is 21.0 Å². The summed E-state index contributed by atoms with van der Waals surface area (Å²) in [7, 11) is -3.01. The normalized spacial score (nSPS) is 13.2. The van der Waals surface area contributed by atoms with Crippen molar-refractivity contribution in [3.63, 3.8) is 0 Å². The van der Waals surface area contributed by atoms with Crippen molar-refractivity contribution >= 4 is 30.6 Å². The minimum atomic E-state index is -3.01. The highest BCUT2D eigenvalue weighted by Crippen LogP contribution is 2.36. The van der Waals surface area contributed by atoms with Crippen LogP contribution in [0.2, 0.25) is 0 Å². The maximum absolute atomic E-state index is 13.2. The SMILES string of the molecule is O=[PH](OC[S@@+]([O-])C(c1ccccc1)c1ccccc1)OC[S@@+]([O-])C(c1ccccc1)c1ccccc1. The molecule has 0 unspecified atom stereocenters. The van der Waals surface area contributed by atoms with Crippen LogP contribution >= 0.6 is 8.25 Å². The lowest BCUT2D eigenvalue weighted by Crippen LogP contribution is -2.20. The summed E-state index contributed by atoms with van der Waals surface area (Å²) >= 11 is -3.03. The Morgan fingerprint density at radius 1 is 0.528 bits per heavy atom. The van der Waals surface area contributed by atoms with E-state index in [9.17, 15) is 13.7 Å². The van der Waals surface area contributed by atoms with Gasteiger partial charge in [-0.2, -0.15) is 0 Å². The molecule has 2 atom stereocenters. The molecule has 0 aliphatic carbocycles. The molecule has 0 heterocycles. The second kappa shape index (κ2) is 13.8. The van der Waals surface area contributed by atoms with Gasteiger partial charge in [-0.15, -0.1) is 0 Å². The zero-order chi connectivity index (χ0) is 25.2. The molecular formula is C28H27O5PS2. The van der Waals surface area contributed by atoms with E-state index in [0.717, 1.165) is 22.3 Å². The van der Waals surface area contributed by atoms with Gasteiger partial charge in [-0.25, -0.2) is 0 Å². The molecule has 0 saturated carbocycles. The van der Waals surface area contributed by atoms with Gasteiger partial charge in [0.15, 0.2) is 10.5 Å². The van der Waals surface area contributed by atoms with Crippen LogP contribution in [0.5, 0.6) is 0 Å². The average molecular weight is 539 g/mol. The molecule has 0 aliphatic heterocycles. The quantitative estimate of drug-likeness (QED) is 0.154. The highest BCUT2D eigenvalue weighted by Gasteiger charge is 2.29. The van der Waals surface area contributed by atoms with Crippen molar-refractivity contribution in [2.24, 2.45) is 0 Å². The second-order valence-corrected chi connectivity index (χ2v) is 12.0. The number of rotatable bonds is 12. The van der Waals surface area contributed by atoms with Gasteiger partial charge in [-0.3, -0.25) is 13.6 Å². The molecule has 36 heavy (non-hydrogen) atoms. The molecule has 186 valence electrons. The first-order valence-electron chi connectivity index (χ1n) is 11.4. The van der Waals surface area contributed by atoms with Gasteiger partial charge in [0.05, 0.1) is 0 Å². The number of hydrogen-bond donors (Lipinski definition) is 0. The molecule has 0 aromatic heterocycles. The maximum Gasteiger partial charge on any atom is 0.326 e. The van der Waals surface area contributed by atoms with Crippen molar-refractivity contribution in [2.45, 2.75) is 10.5 Å². The van der Waals surface area contributed by atoms with E-state index in [2.05, 4.69) is 0 Å². The van der Waals surface area contributed by atoms with Crippen molar-refractivity contribution in [1.29, 1.82) is 0 Å². The van der Waals surface area contributed by atoms with Crippen molar-refractivity contribution in [1.82, 2.24) is 0 Å². The molecule has 0 saturated heterocycles. The van der Waals surface area contributed by atoms with Gasteiger partial charge in [-0.05, 0) is 22.4 Å². The van der Waals surface area contributed by atoms with E-state index in [0.29, 0.717) is 0 Å². The monoisotopic (exact) mass is 538 g/mol. The molecule has 0 amide bonds. The Morgan fingerprint density at radius 2 is 0.778 bits per heavy atom. The highest BCUT2D eigenvalue weighted by molar-refractivity contribution is 7.92. The van der Waals surface area contributed by atoms with Crippen LogP contribution in [0.1, 0.15) is 32.8 Å². The van der Waals surface area contributed by atoms with Crippen molar-refractivity contribution in [3.05, 3.63) is 144 Å². The summed E-state index contributed by atoms with van der Waals surface area (Å²) in [6.07, 6.45) is 0. The molecule has 0 spiro atoms. The fraction of sp³-hybridized carbons (Fsp3) is 0.143. The first kappa shape index (κ1) is 26.7. The van der Waals surface area contributed by atoms with E-state index in [1.807, 2.05) is 121 Å². The molecule has 0 aliphatic rings. The van der Waals surface area contributed by atoms with E-state index in [1.165, 1.54) is 0 Å². The predicted octanol–water partition coefficient (Wildman–Crippen LogP) is 6.40. The summed E-state index contributed by atoms with van der Waals surface area (Å²) < 4.78 is 49.7. The van der Waals surface area contributed by atoms with Gasteiger partial charge in [0.2, 0.25) is 11.9 Å². The van der Waals surface area contributed by atoms with Crippen LogP contribution in [0.3, 0.4) is 0 Å². The maximum atomic E-state index is 13.2. The Morgan fingerprint density at radius 3 is 1.03 bits per heavy atom. The third-order valence-corrected chi connectivity index (χ3v) is 9.54. The topological polar surface area (TPSA) is 81.7 Å². The zero-order valence-corrected chi connectivity index (χ0v) is 22.1. The minimum Gasteiger partial charge on any atom is -0.614 e. The van der Waals surface area contributed by atoms with Crippen LogP contribution in [0.4, 0.5) is 0 Å². The van der Waals surface area contributed by atoms with E-state index >= 15 is 0 Å². The van der Waals surface area contributed by atoms with Crippen LogP contribution in [-0.2, 0) is 36.0 Å². The third-order valence-electron chi connectivity index (χ3n) is 5.52. The van der Waals surface area contributed by atoms with E-state index in [4.69, 9.17) is 9.05 Å². The summed E-state index contributed by atoms with van der Waals surface area (Å²) in [5.74, 6) is -0.528. The van der Waals surface area contributed by atoms with Crippen molar-refractivity contribution in [2.75, 3.05) is 11.9 Å². The molecule has 8 heteroatoms. The van der Waals surface area contributed by atoms with E-state index < -0.39 is 41.1 Å². The lowest BCUT2D eigenvalue weighted by molar-refractivity contribution is 0.274. The Labute approximate surface area is 218 Å². The van der Waals surface area contributed by atoms with Gasteiger partial charge >= 0.3 is 8.25 Å². The van der Waals surface area contributed by atoms with E-state index in [1.54, 1.807) is 0 Å². The Balaban J connectivity index is 1.38. The van der Waals surface area contributed by atoms with Gasteiger partial charge in [0.1, 0.15) is 0 Å². The molecule has 5 nitrogen and oxygen atoms in total. The Kier molecular flexibility index (Phi) is 10.3. The third kappa shape index (κ3) is 7.34. The van der Waals surface area contributed by atoms with Crippen molar-refractivity contribution < 1.29 is 22.7 Å². The molecule has 4 aromatic carbocycles. The molecule has 0 radical (unpaired) electrons. The predicted molar refractivity (Wildman–Crippen MR) is 147 cm³/mol. The minimum absolute atomic E-state index is 0.264. The molecule has 4 rings (SSSR count). The standard InChI is InChI=1S/C28H27O5PS2/c29-34(32-21-35(30)27(23-13-5-1-6-14-23)24-15-7-2-8-16-24)33-22-36(31)28(25-17-9-3-10-18-25)26-19-11-4-12-20-26/h1-20,27-28,34H,21-22H2/t35-,36-/m1/s1. The molecule has 0 fully saturated rings. The smallest absolute Gasteiger partial charge is 0.326 e. The molecule has 0 bridgehead atoms. The largest absolute Gasteiger partial charge is 0.614 e. The average Bonchev–Trinajstić information content (AvgIpc) is 2.93. The first-order chi connectivity index (χ1) is 17.6. The van der Waals surface area contributed by atoms with Crippen LogP contribution in [0, 0.1) is 0 Å². The van der Waals surface area contributed by atoms with Gasteiger partial charge in [0, 0.05) is 22.3 Å². The molecule has 4 aromatic rings. The number of benzene rings is 4. The van der Waals surface area contributed by atoms with Crippen LogP contribution in [0.15, 0.2) is 121 Å². The molecule has 0 N–H and O–H groups in total. The fourth-order valence-electron chi connectivity index (χ4n) is 3.89. The van der Waals surface area contributed by atoms with Crippen molar-refractivity contribution in [3.8, 4) is 0 Å². The number of hydrogen-bond acceptors (Lipinski definition) is 5. The van der Waals surface area contributed by atoms with Gasteiger partial charge in [0.25, 0.3) is 0 Å². The van der Waals surface area contributed by atoms with E-state index in [-0.39, 0.29) is 11.9 Å². The lowest BCUT2D eigenvalue weighted by Gasteiger charge is -2.23. The van der Waals surface area contributed by atoms with Gasteiger partial charge < -0.3 is 9.11 Å². The van der Waals surface area contributed by atoms with Gasteiger partial charge in [-0.1, -0.05) is 121 Å². The summed E-state index contributed by atoms with van der Waals surface area (Å²) in [4.78, 5) is 0. The van der Waals surface area contributed by atoms with Crippen LogP contribution < -0.4 is 0 Å². The summed E-state index contributed by atoms with van der Waals surface area (Å²) in [6, 6.07) is 38.0. The summed E-state index contributed by atoms with van der Waals surface area (Å²) in [5, 5.41) is -0.867. The first-order valence-corrected chi connectivity index (χ1v) is 15.4. The highest BCUT2D eigenvalue weighted by atomic mass is 32.2.